The molecule has 3 N–H and O–H groups in total. The van der Waals surface area contributed by atoms with Crippen molar-refractivity contribution in [3.63, 3.8) is 0 Å². The molecule has 2 amide bonds. The lowest BCUT2D eigenvalue weighted by Gasteiger charge is -2.10. The predicted octanol–water partition coefficient (Wildman–Crippen LogP) is 1.93. The maximum absolute atomic E-state index is 13.0. The van der Waals surface area contributed by atoms with E-state index in [1.54, 1.807) is 12.1 Å². The Morgan fingerprint density at radius 2 is 1.88 bits per heavy atom. The van der Waals surface area contributed by atoms with Gasteiger partial charge in [-0.1, -0.05) is 12.1 Å². The molecule has 24 heavy (non-hydrogen) atoms. The number of ether oxygens (including phenoxy) is 1. The molecule has 0 saturated carbocycles. The number of aromatic hydroxyl groups is 1. The molecular weight excluding hydrogens is 322 g/mol. The van der Waals surface area contributed by atoms with Crippen LogP contribution in [0, 0.1) is 11.6 Å². The number of phenols is 1. The van der Waals surface area contributed by atoms with Crippen LogP contribution < -0.4 is 15.4 Å². The van der Waals surface area contributed by atoms with Crippen molar-refractivity contribution in [1.82, 2.24) is 5.32 Å². The van der Waals surface area contributed by atoms with Crippen molar-refractivity contribution in [2.45, 2.75) is 6.54 Å². The summed E-state index contributed by atoms with van der Waals surface area (Å²) in [4.78, 5) is 23.4. The van der Waals surface area contributed by atoms with Gasteiger partial charge in [0.15, 0.2) is 23.1 Å². The van der Waals surface area contributed by atoms with Crippen LogP contribution in [-0.2, 0) is 16.1 Å². The second-order valence-corrected chi connectivity index (χ2v) is 4.73. The number of phenolic OH excluding ortho intramolecular Hbond substituents is 1. The van der Waals surface area contributed by atoms with Gasteiger partial charge in [-0.05, 0) is 18.2 Å². The fraction of sp³-hybridized carbons (Fsp3) is 0.125. The Morgan fingerprint density at radius 3 is 2.54 bits per heavy atom. The first-order chi connectivity index (χ1) is 11.4. The maximum atomic E-state index is 13.0. The van der Waals surface area contributed by atoms with E-state index in [0.29, 0.717) is 5.56 Å². The molecule has 0 saturated heterocycles. The number of hydrogen-bond donors (Lipinski definition) is 3. The number of carbonyl (C=O) groups is 2. The first-order valence-corrected chi connectivity index (χ1v) is 6.81. The average Bonchev–Trinajstić information content (AvgIpc) is 2.57. The summed E-state index contributed by atoms with van der Waals surface area (Å²) < 4.78 is 30.8. The number of methoxy groups -OCH3 is 1. The van der Waals surface area contributed by atoms with Crippen LogP contribution in [0.3, 0.4) is 0 Å². The van der Waals surface area contributed by atoms with Crippen molar-refractivity contribution < 1.29 is 28.2 Å². The molecule has 2 aromatic carbocycles. The molecule has 6 nitrogen and oxygen atoms in total. The number of hydrogen-bond acceptors (Lipinski definition) is 4. The van der Waals surface area contributed by atoms with Gasteiger partial charge in [0.05, 0.1) is 7.11 Å². The third-order valence-corrected chi connectivity index (χ3v) is 3.13. The third-order valence-electron chi connectivity index (χ3n) is 3.13. The zero-order valence-electron chi connectivity index (χ0n) is 12.6. The van der Waals surface area contributed by atoms with Crippen molar-refractivity contribution in [3.8, 4) is 11.5 Å². The maximum Gasteiger partial charge on any atom is 0.313 e. The summed E-state index contributed by atoms with van der Waals surface area (Å²) in [7, 11) is 1.38. The summed E-state index contributed by atoms with van der Waals surface area (Å²) in [5.74, 6) is -4.18. The van der Waals surface area contributed by atoms with Crippen molar-refractivity contribution >= 4 is 17.5 Å². The molecule has 0 atom stereocenters. The smallest absolute Gasteiger partial charge is 0.313 e. The lowest BCUT2D eigenvalue weighted by molar-refractivity contribution is -0.136. The highest BCUT2D eigenvalue weighted by Gasteiger charge is 2.16. The van der Waals surface area contributed by atoms with E-state index in [-0.39, 0.29) is 23.7 Å². The SMILES string of the molecule is COc1cccc(CNC(=O)C(=O)Nc2ccc(F)c(F)c2)c1O. The number of amides is 2. The summed E-state index contributed by atoms with van der Waals surface area (Å²) in [5, 5.41) is 14.3. The normalized spacial score (nSPS) is 10.1. The van der Waals surface area contributed by atoms with E-state index in [1.165, 1.54) is 13.2 Å². The summed E-state index contributed by atoms with van der Waals surface area (Å²) in [5.41, 5.74) is 0.293. The highest BCUT2D eigenvalue weighted by atomic mass is 19.2. The van der Waals surface area contributed by atoms with E-state index < -0.39 is 23.4 Å². The molecule has 8 heteroatoms. The van der Waals surface area contributed by atoms with Crippen LogP contribution in [0.25, 0.3) is 0 Å². The Labute approximate surface area is 136 Å². The van der Waals surface area contributed by atoms with E-state index in [9.17, 15) is 23.5 Å². The molecule has 0 spiro atoms. The van der Waals surface area contributed by atoms with Gasteiger partial charge in [0, 0.05) is 23.9 Å². The van der Waals surface area contributed by atoms with Crippen LogP contribution in [0.1, 0.15) is 5.56 Å². The number of rotatable bonds is 4. The van der Waals surface area contributed by atoms with Gasteiger partial charge in [-0.2, -0.15) is 0 Å². The molecule has 2 aromatic rings. The first-order valence-electron chi connectivity index (χ1n) is 6.81. The van der Waals surface area contributed by atoms with Crippen LogP contribution >= 0.6 is 0 Å². The van der Waals surface area contributed by atoms with Crippen molar-refractivity contribution in [2.75, 3.05) is 12.4 Å². The second kappa shape index (κ2) is 7.40. The molecule has 0 aliphatic heterocycles. The zero-order chi connectivity index (χ0) is 17.7. The Bertz CT molecular complexity index is 781. The van der Waals surface area contributed by atoms with Gasteiger partial charge < -0.3 is 20.5 Å². The van der Waals surface area contributed by atoms with Gasteiger partial charge in [0.1, 0.15) is 0 Å². The largest absolute Gasteiger partial charge is 0.504 e. The number of para-hydroxylation sites is 1. The van der Waals surface area contributed by atoms with Gasteiger partial charge in [0.25, 0.3) is 0 Å². The monoisotopic (exact) mass is 336 g/mol. The number of carbonyl (C=O) groups excluding carboxylic acids is 2. The van der Waals surface area contributed by atoms with Crippen LogP contribution in [0.4, 0.5) is 14.5 Å². The van der Waals surface area contributed by atoms with Crippen LogP contribution in [0.2, 0.25) is 0 Å². The van der Waals surface area contributed by atoms with Crippen LogP contribution in [-0.4, -0.2) is 24.0 Å². The van der Waals surface area contributed by atoms with E-state index in [4.69, 9.17) is 4.74 Å². The number of anilines is 1. The quantitative estimate of drug-likeness (QED) is 0.745. The van der Waals surface area contributed by atoms with Crippen molar-refractivity contribution in [1.29, 1.82) is 0 Å². The molecule has 0 unspecified atom stereocenters. The Balaban J connectivity index is 1.97. The molecule has 0 fully saturated rings. The lowest BCUT2D eigenvalue weighted by atomic mass is 10.2. The highest BCUT2D eigenvalue weighted by Crippen LogP contribution is 2.29. The molecule has 0 aliphatic rings. The number of halogens is 2. The summed E-state index contributed by atoms with van der Waals surface area (Å²) in [6, 6.07) is 7.41. The fourth-order valence-electron chi connectivity index (χ4n) is 1.89. The van der Waals surface area contributed by atoms with E-state index >= 15 is 0 Å². The molecular formula is C16H14F2N2O4. The van der Waals surface area contributed by atoms with Gasteiger partial charge in [-0.15, -0.1) is 0 Å². The van der Waals surface area contributed by atoms with E-state index in [0.717, 1.165) is 18.2 Å². The van der Waals surface area contributed by atoms with Gasteiger partial charge in [-0.25, -0.2) is 8.78 Å². The Hall–Kier alpha value is -3.16. The van der Waals surface area contributed by atoms with E-state index in [2.05, 4.69) is 10.6 Å². The Morgan fingerprint density at radius 1 is 1.12 bits per heavy atom. The van der Waals surface area contributed by atoms with Crippen molar-refractivity contribution in [2.24, 2.45) is 0 Å². The Kier molecular flexibility index (Phi) is 5.31. The third kappa shape index (κ3) is 3.97. The van der Waals surface area contributed by atoms with Crippen LogP contribution in [0.5, 0.6) is 11.5 Å². The molecule has 0 bridgehead atoms. The minimum Gasteiger partial charge on any atom is -0.504 e. The standard InChI is InChI=1S/C16H14F2N2O4/c1-24-13-4-2-3-9(14(13)21)8-19-15(22)16(23)20-10-5-6-11(17)12(18)7-10/h2-7,21H,8H2,1H3,(H,19,22)(H,20,23). The number of benzene rings is 2. The summed E-state index contributed by atoms with van der Waals surface area (Å²) in [6.45, 7) is -0.118. The molecule has 0 radical (unpaired) electrons. The highest BCUT2D eigenvalue weighted by molar-refractivity contribution is 6.39. The fourth-order valence-corrected chi connectivity index (χ4v) is 1.89. The first kappa shape index (κ1) is 17.2. The molecule has 126 valence electrons. The molecule has 2 rings (SSSR count). The average molecular weight is 336 g/mol. The van der Waals surface area contributed by atoms with Crippen molar-refractivity contribution in [3.05, 3.63) is 53.6 Å². The topological polar surface area (TPSA) is 87.7 Å². The van der Waals surface area contributed by atoms with E-state index in [1.807, 2.05) is 0 Å². The lowest BCUT2D eigenvalue weighted by Crippen LogP contribution is -2.35. The van der Waals surface area contributed by atoms with Gasteiger partial charge in [0.2, 0.25) is 0 Å². The zero-order valence-corrected chi connectivity index (χ0v) is 12.6. The molecule has 0 heterocycles. The molecule has 0 aliphatic carbocycles. The summed E-state index contributed by atoms with van der Waals surface area (Å²) >= 11 is 0. The second-order valence-electron chi connectivity index (χ2n) is 4.73. The van der Waals surface area contributed by atoms with Gasteiger partial charge in [-0.3, -0.25) is 9.59 Å². The summed E-state index contributed by atoms with van der Waals surface area (Å²) in [6.07, 6.45) is 0. The minimum absolute atomic E-state index is 0.0572. The number of nitrogens with one attached hydrogen (secondary N) is 2. The van der Waals surface area contributed by atoms with Gasteiger partial charge >= 0.3 is 11.8 Å². The molecule has 0 aromatic heterocycles. The van der Waals surface area contributed by atoms with Crippen LogP contribution in [0.15, 0.2) is 36.4 Å². The predicted molar refractivity (Wildman–Crippen MR) is 81.5 cm³/mol. The minimum atomic E-state index is -1.14.